The normalized spacial score (nSPS) is 12.2. The molecule has 1 aromatic heterocycles. The van der Waals surface area contributed by atoms with E-state index in [2.05, 4.69) is 10.3 Å². The number of H-pyrrole nitrogens is 1. The van der Waals surface area contributed by atoms with Crippen LogP contribution in [0.2, 0.25) is 0 Å². The van der Waals surface area contributed by atoms with E-state index < -0.39 is 5.97 Å². The standard InChI is InChI=1S/C16H20N2O3/c1-11(8-16(20)21)9-18-15(19)7-6-12-10-17-14-5-3-2-4-13(12)14/h2-5,10-11,17H,6-9H2,1H3,(H,18,19)(H,20,21). The Morgan fingerprint density at radius 3 is 2.86 bits per heavy atom. The van der Waals surface area contributed by atoms with Crippen molar-refractivity contribution in [3.8, 4) is 0 Å². The molecule has 5 heteroatoms. The second kappa shape index (κ2) is 6.92. The van der Waals surface area contributed by atoms with Gasteiger partial charge in [-0.05, 0) is 24.0 Å². The van der Waals surface area contributed by atoms with E-state index in [9.17, 15) is 9.59 Å². The number of aromatic nitrogens is 1. The predicted octanol–water partition coefficient (Wildman–Crippen LogP) is 2.33. The molecule has 0 bridgehead atoms. The van der Waals surface area contributed by atoms with Crippen LogP contribution in [0.25, 0.3) is 10.9 Å². The summed E-state index contributed by atoms with van der Waals surface area (Å²) in [6, 6.07) is 7.99. The van der Waals surface area contributed by atoms with Gasteiger partial charge in [-0.3, -0.25) is 9.59 Å². The SMILES string of the molecule is CC(CNC(=O)CCc1c[nH]c2ccccc12)CC(=O)O. The summed E-state index contributed by atoms with van der Waals surface area (Å²) >= 11 is 0. The van der Waals surface area contributed by atoms with E-state index >= 15 is 0 Å². The first-order valence-electron chi connectivity index (χ1n) is 7.09. The molecule has 0 aliphatic heterocycles. The average Bonchev–Trinajstić information content (AvgIpc) is 2.85. The van der Waals surface area contributed by atoms with Gasteiger partial charge in [0.15, 0.2) is 0 Å². The van der Waals surface area contributed by atoms with Crippen LogP contribution in [0.3, 0.4) is 0 Å². The number of carboxylic acid groups (broad SMARTS) is 1. The molecule has 0 radical (unpaired) electrons. The van der Waals surface area contributed by atoms with Gasteiger partial charge in [-0.2, -0.15) is 0 Å². The second-order valence-corrected chi connectivity index (χ2v) is 5.37. The van der Waals surface area contributed by atoms with E-state index in [1.165, 1.54) is 0 Å². The molecule has 112 valence electrons. The van der Waals surface area contributed by atoms with Crippen molar-refractivity contribution < 1.29 is 14.7 Å². The first-order valence-corrected chi connectivity index (χ1v) is 7.09. The molecule has 1 atom stereocenters. The lowest BCUT2D eigenvalue weighted by Gasteiger charge is -2.10. The summed E-state index contributed by atoms with van der Waals surface area (Å²) in [5.41, 5.74) is 2.20. The highest BCUT2D eigenvalue weighted by Gasteiger charge is 2.10. The summed E-state index contributed by atoms with van der Waals surface area (Å²) < 4.78 is 0. The van der Waals surface area contributed by atoms with Gasteiger partial charge in [0.05, 0.1) is 0 Å². The molecule has 21 heavy (non-hydrogen) atoms. The van der Waals surface area contributed by atoms with Gasteiger partial charge in [0.25, 0.3) is 0 Å². The zero-order chi connectivity index (χ0) is 15.2. The van der Waals surface area contributed by atoms with Gasteiger partial charge in [0.2, 0.25) is 5.91 Å². The van der Waals surface area contributed by atoms with E-state index in [4.69, 9.17) is 5.11 Å². The van der Waals surface area contributed by atoms with Gasteiger partial charge in [-0.1, -0.05) is 25.1 Å². The van der Waals surface area contributed by atoms with Crippen LogP contribution in [0, 0.1) is 5.92 Å². The zero-order valence-electron chi connectivity index (χ0n) is 12.1. The Kier molecular flexibility index (Phi) is 4.98. The molecule has 0 spiro atoms. The molecule has 0 aliphatic carbocycles. The van der Waals surface area contributed by atoms with Crippen molar-refractivity contribution >= 4 is 22.8 Å². The molecule has 1 amide bonds. The van der Waals surface area contributed by atoms with Crippen LogP contribution in [-0.4, -0.2) is 28.5 Å². The maximum absolute atomic E-state index is 11.8. The van der Waals surface area contributed by atoms with Gasteiger partial charge in [-0.15, -0.1) is 0 Å². The van der Waals surface area contributed by atoms with Gasteiger partial charge in [0.1, 0.15) is 0 Å². The fourth-order valence-electron chi connectivity index (χ4n) is 2.33. The van der Waals surface area contributed by atoms with Gasteiger partial charge in [-0.25, -0.2) is 0 Å². The topological polar surface area (TPSA) is 82.2 Å². The zero-order valence-corrected chi connectivity index (χ0v) is 12.1. The molecule has 2 aromatic rings. The highest BCUT2D eigenvalue weighted by atomic mass is 16.4. The molecule has 1 unspecified atom stereocenters. The lowest BCUT2D eigenvalue weighted by Crippen LogP contribution is -2.29. The Morgan fingerprint density at radius 1 is 1.33 bits per heavy atom. The van der Waals surface area contributed by atoms with Crippen molar-refractivity contribution in [2.45, 2.75) is 26.2 Å². The highest BCUT2D eigenvalue weighted by Crippen LogP contribution is 2.18. The lowest BCUT2D eigenvalue weighted by molar-refractivity contribution is -0.138. The number of amides is 1. The van der Waals surface area contributed by atoms with Crippen LogP contribution in [-0.2, 0) is 16.0 Å². The molecule has 0 aliphatic rings. The van der Waals surface area contributed by atoms with Crippen LogP contribution in [0.15, 0.2) is 30.5 Å². The maximum atomic E-state index is 11.8. The number of carboxylic acids is 1. The second-order valence-electron chi connectivity index (χ2n) is 5.37. The molecule has 0 fully saturated rings. The fourth-order valence-corrected chi connectivity index (χ4v) is 2.33. The number of hydrogen-bond donors (Lipinski definition) is 3. The summed E-state index contributed by atoms with van der Waals surface area (Å²) in [5.74, 6) is -0.937. The molecule has 0 saturated heterocycles. The summed E-state index contributed by atoms with van der Waals surface area (Å²) in [6.07, 6.45) is 3.08. The van der Waals surface area contributed by atoms with Crippen molar-refractivity contribution in [3.63, 3.8) is 0 Å². The molecular weight excluding hydrogens is 268 g/mol. The van der Waals surface area contributed by atoms with Gasteiger partial charge < -0.3 is 15.4 Å². The minimum Gasteiger partial charge on any atom is -0.481 e. The molecule has 0 saturated carbocycles. The number of nitrogens with one attached hydrogen (secondary N) is 2. The van der Waals surface area contributed by atoms with E-state index in [1.807, 2.05) is 37.4 Å². The smallest absolute Gasteiger partial charge is 0.303 e. The number of fused-ring (bicyclic) bond motifs is 1. The summed E-state index contributed by atoms with van der Waals surface area (Å²) in [5, 5.41) is 12.6. The van der Waals surface area contributed by atoms with E-state index in [0.717, 1.165) is 16.5 Å². The summed E-state index contributed by atoms with van der Waals surface area (Å²) in [4.78, 5) is 25.5. The Labute approximate surface area is 123 Å². The fraction of sp³-hybridized carbons (Fsp3) is 0.375. The van der Waals surface area contributed by atoms with E-state index in [-0.39, 0.29) is 18.2 Å². The number of aliphatic carboxylic acids is 1. The first-order chi connectivity index (χ1) is 10.1. The Bertz CT molecular complexity index is 633. The maximum Gasteiger partial charge on any atom is 0.303 e. The molecule has 5 nitrogen and oxygen atoms in total. The number of para-hydroxylation sites is 1. The largest absolute Gasteiger partial charge is 0.481 e. The number of carbonyl (C=O) groups is 2. The number of aromatic amines is 1. The van der Waals surface area contributed by atoms with Crippen molar-refractivity contribution in [3.05, 3.63) is 36.0 Å². The number of benzene rings is 1. The highest BCUT2D eigenvalue weighted by molar-refractivity contribution is 5.84. The number of carbonyl (C=O) groups excluding carboxylic acids is 1. The van der Waals surface area contributed by atoms with E-state index in [1.54, 1.807) is 0 Å². The van der Waals surface area contributed by atoms with Crippen molar-refractivity contribution in [1.29, 1.82) is 0 Å². The van der Waals surface area contributed by atoms with E-state index in [0.29, 0.717) is 19.4 Å². The van der Waals surface area contributed by atoms with Crippen molar-refractivity contribution in [2.75, 3.05) is 6.54 Å². The third-order valence-corrected chi connectivity index (χ3v) is 3.47. The third-order valence-electron chi connectivity index (χ3n) is 3.47. The van der Waals surface area contributed by atoms with Crippen LogP contribution < -0.4 is 5.32 Å². The third kappa shape index (κ3) is 4.34. The van der Waals surface area contributed by atoms with Crippen molar-refractivity contribution in [2.24, 2.45) is 5.92 Å². The molecule has 2 rings (SSSR count). The minimum absolute atomic E-state index is 0.0440. The average molecular weight is 288 g/mol. The van der Waals surface area contributed by atoms with Gasteiger partial charge >= 0.3 is 5.97 Å². The first kappa shape index (κ1) is 15.1. The summed E-state index contributed by atoms with van der Waals surface area (Å²) in [6.45, 7) is 2.22. The van der Waals surface area contributed by atoms with Crippen LogP contribution in [0.5, 0.6) is 0 Å². The monoisotopic (exact) mass is 288 g/mol. The molecule has 3 N–H and O–H groups in total. The summed E-state index contributed by atoms with van der Waals surface area (Å²) in [7, 11) is 0. The molecular formula is C16H20N2O3. The Hall–Kier alpha value is -2.30. The quantitative estimate of drug-likeness (QED) is 0.731. The molecule has 1 heterocycles. The van der Waals surface area contributed by atoms with Gasteiger partial charge in [0, 0.05) is 36.5 Å². The minimum atomic E-state index is -0.837. The Balaban J connectivity index is 1.80. The number of hydrogen-bond acceptors (Lipinski definition) is 2. The van der Waals surface area contributed by atoms with Crippen LogP contribution in [0.4, 0.5) is 0 Å². The molecule has 1 aromatic carbocycles. The van der Waals surface area contributed by atoms with Crippen LogP contribution in [0.1, 0.15) is 25.3 Å². The van der Waals surface area contributed by atoms with Crippen molar-refractivity contribution in [1.82, 2.24) is 10.3 Å². The Morgan fingerprint density at radius 2 is 2.10 bits per heavy atom. The number of rotatable bonds is 7. The number of aryl methyl sites for hydroxylation is 1. The lowest BCUT2D eigenvalue weighted by atomic mass is 10.1. The predicted molar refractivity (Wildman–Crippen MR) is 81.0 cm³/mol. The van der Waals surface area contributed by atoms with Crippen LogP contribution >= 0.6 is 0 Å².